The van der Waals surface area contributed by atoms with Crippen molar-refractivity contribution in [3.63, 3.8) is 0 Å². The van der Waals surface area contributed by atoms with Gasteiger partial charge in [-0.1, -0.05) is 6.92 Å². The molecule has 78 valence electrons. The summed E-state index contributed by atoms with van der Waals surface area (Å²) >= 11 is 0. The molecule has 3 N–H and O–H groups in total. The molecule has 0 saturated heterocycles. The van der Waals surface area contributed by atoms with Gasteiger partial charge in [0.25, 0.3) is 0 Å². The molecule has 0 amide bonds. The van der Waals surface area contributed by atoms with E-state index in [-0.39, 0.29) is 11.4 Å². The van der Waals surface area contributed by atoms with Crippen LogP contribution >= 0.6 is 0 Å². The van der Waals surface area contributed by atoms with Gasteiger partial charge in [-0.2, -0.15) is 0 Å². The molecule has 4 nitrogen and oxygen atoms in total. The smallest absolute Gasteiger partial charge is 0.323 e. The average Bonchev–Trinajstić information content (AvgIpc) is 2.61. The number of benzene rings is 1. The lowest BCUT2D eigenvalue weighted by Crippen LogP contribution is -2.00. The molecule has 1 aromatic carbocycles. The summed E-state index contributed by atoms with van der Waals surface area (Å²) in [5.41, 5.74) is 2.37. The van der Waals surface area contributed by atoms with Gasteiger partial charge in [-0.05, 0) is 30.7 Å². The van der Waals surface area contributed by atoms with Gasteiger partial charge in [0.1, 0.15) is 5.75 Å². The highest BCUT2D eigenvalue weighted by Crippen LogP contribution is 2.21. The Hall–Kier alpha value is -1.97. The molecule has 0 fully saturated rings. The molecule has 0 saturated carbocycles. The van der Waals surface area contributed by atoms with Gasteiger partial charge >= 0.3 is 5.69 Å². The van der Waals surface area contributed by atoms with Crippen LogP contribution in [0.25, 0.3) is 11.3 Å². The summed E-state index contributed by atoms with van der Waals surface area (Å²) in [5, 5.41) is 9.16. The molecule has 0 aliphatic carbocycles. The van der Waals surface area contributed by atoms with Gasteiger partial charge in [-0.25, -0.2) is 4.79 Å². The second-order valence-corrected chi connectivity index (χ2v) is 3.33. The third kappa shape index (κ3) is 1.79. The maximum atomic E-state index is 11.1. The predicted octanol–water partition coefficient (Wildman–Crippen LogP) is 1.64. The van der Waals surface area contributed by atoms with Crippen molar-refractivity contribution < 1.29 is 5.11 Å². The van der Waals surface area contributed by atoms with Crippen molar-refractivity contribution in [2.45, 2.75) is 13.3 Å². The Kier molecular flexibility index (Phi) is 2.33. The summed E-state index contributed by atoms with van der Waals surface area (Å²) in [7, 11) is 0. The first-order valence-corrected chi connectivity index (χ1v) is 4.81. The van der Waals surface area contributed by atoms with E-state index in [1.807, 2.05) is 6.92 Å². The fourth-order valence-electron chi connectivity index (χ4n) is 1.56. The number of aromatic nitrogens is 2. The number of phenols is 1. The number of nitrogens with one attached hydrogen (secondary N) is 2. The van der Waals surface area contributed by atoms with E-state index in [1.54, 1.807) is 24.3 Å². The van der Waals surface area contributed by atoms with E-state index in [0.29, 0.717) is 0 Å². The lowest BCUT2D eigenvalue weighted by Gasteiger charge is -2.00. The van der Waals surface area contributed by atoms with Crippen LogP contribution in [0.5, 0.6) is 5.75 Å². The van der Waals surface area contributed by atoms with Crippen molar-refractivity contribution in [2.75, 3.05) is 0 Å². The van der Waals surface area contributed by atoms with Gasteiger partial charge in [-0.15, -0.1) is 0 Å². The molecular formula is C11H12N2O2. The molecule has 2 aromatic rings. The Morgan fingerprint density at radius 2 is 1.87 bits per heavy atom. The highest BCUT2D eigenvalue weighted by Gasteiger charge is 2.07. The Bertz CT molecular complexity index is 508. The first kappa shape index (κ1) is 9.58. The molecule has 0 aliphatic heterocycles. The zero-order chi connectivity index (χ0) is 10.8. The average molecular weight is 204 g/mol. The van der Waals surface area contributed by atoms with Crippen LogP contribution in [-0.4, -0.2) is 15.1 Å². The number of imidazole rings is 1. The zero-order valence-corrected chi connectivity index (χ0v) is 8.37. The topological polar surface area (TPSA) is 68.9 Å². The van der Waals surface area contributed by atoms with Crippen molar-refractivity contribution in [2.24, 2.45) is 0 Å². The molecule has 0 bridgehead atoms. The van der Waals surface area contributed by atoms with E-state index in [0.717, 1.165) is 23.4 Å². The standard InChI is InChI=1S/C11H12N2O2/c1-2-9-10(13-11(15)12-9)7-3-5-8(14)6-4-7/h3-6,14H,2H2,1H3,(H2,12,13,15). The summed E-state index contributed by atoms with van der Waals surface area (Å²) in [6, 6.07) is 6.74. The van der Waals surface area contributed by atoms with E-state index in [2.05, 4.69) is 9.97 Å². The summed E-state index contributed by atoms with van der Waals surface area (Å²) in [5.74, 6) is 0.217. The number of aromatic amines is 2. The number of hydrogen-bond acceptors (Lipinski definition) is 2. The quantitative estimate of drug-likeness (QED) is 0.696. The van der Waals surface area contributed by atoms with E-state index in [9.17, 15) is 4.79 Å². The first-order chi connectivity index (χ1) is 7.20. The summed E-state index contributed by atoms with van der Waals surface area (Å²) < 4.78 is 0. The Morgan fingerprint density at radius 1 is 1.20 bits per heavy atom. The van der Waals surface area contributed by atoms with Crippen LogP contribution in [0.3, 0.4) is 0 Å². The van der Waals surface area contributed by atoms with E-state index >= 15 is 0 Å². The summed E-state index contributed by atoms with van der Waals surface area (Å²) in [4.78, 5) is 16.6. The number of aryl methyl sites for hydroxylation is 1. The number of rotatable bonds is 2. The minimum absolute atomic E-state index is 0.199. The third-order valence-corrected chi connectivity index (χ3v) is 2.31. The first-order valence-electron chi connectivity index (χ1n) is 4.81. The van der Waals surface area contributed by atoms with E-state index < -0.39 is 0 Å². The van der Waals surface area contributed by atoms with E-state index in [1.165, 1.54) is 0 Å². The van der Waals surface area contributed by atoms with Crippen LogP contribution in [0.4, 0.5) is 0 Å². The van der Waals surface area contributed by atoms with Crippen molar-refractivity contribution in [1.82, 2.24) is 9.97 Å². The fourth-order valence-corrected chi connectivity index (χ4v) is 1.56. The summed E-state index contributed by atoms with van der Waals surface area (Å²) in [6.07, 6.45) is 0.759. The van der Waals surface area contributed by atoms with Crippen LogP contribution in [-0.2, 0) is 6.42 Å². The molecule has 2 rings (SSSR count). The summed E-state index contributed by atoms with van der Waals surface area (Å²) in [6.45, 7) is 1.98. The molecule has 0 unspecified atom stereocenters. The fraction of sp³-hybridized carbons (Fsp3) is 0.182. The molecule has 1 aromatic heterocycles. The van der Waals surface area contributed by atoms with Crippen LogP contribution < -0.4 is 5.69 Å². The Morgan fingerprint density at radius 3 is 2.47 bits per heavy atom. The van der Waals surface area contributed by atoms with Gasteiger partial charge < -0.3 is 15.1 Å². The minimum atomic E-state index is -0.199. The molecule has 0 aliphatic rings. The Balaban J connectivity index is 2.53. The zero-order valence-electron chi connectivity index (χ0n) is 8.37. The SMILES string of the molecule is CCc1[nH]c(=O)[nH]c1-c1ccc(O)cc1. The number of aromatic hydroxyl groups is 1. The Labute approximate surface area is 86.6 Å². The molecule has 4 heteroatoms. The largest absolute Gasteiger partial charge is 0.508 e. The van der Waals surface area contributed by atoms with Gasteiger partial charge in [-0.3, -0.25) is 0 Å². The lowest BCUT2D eigenvalue weighted by molar-refractivity contribution is 0.475. The highest BCUT2D eigenvalue weighted by atomic mass is 16.3. The normalized spacial score (nSPS) is 10.5. The monoisotopic (exact) mass is 204 g/mol. The molecular weight excluding hydrogens is 192 g/mol. The molecule has 15 heavy (non-hydrogen) atoms. The number of H-pyrrole nitrogens is 2. The van der Waals surface area contributed by atoms with Gasteiger partial charge in [0.15, 0.2) is 0 Å². The molecule has 0 spiro atoms. The van der Waals surface area contributed by atoms with Crippen LogP contribution in [0.15, 0.2) is 29.1 Å². The maximum absolute atomic E-state index is 11.1. The van der Waals surface area contributed by atoms with Crippen molar-refractivity contribution in [3.05, 3.63) is 40.4 Å². The van der Waals surface area contributed by atoms with Crippen molar-refractivity contribution >= 4 is 0 Å². The molecule has 0 radical (unpaired) electrons. The van der Waals surface area contributed by atoms with Crippen LogP contribution in [0, 0.1) is 0 Å². The number of phenolic OH excluding ortho intramolecular Hbond substituents is 1. The van der Waals surface area contributed by atoms with Crippen molar-refractivity contribution in [3.8, 4) is 17.0 Å². The maximum Gasteiger partial charge on any atom is 0.323 e. The molecule has 1 heterocycles. The minimum Gasteiger partial charge on any atom is -0.508 e. The van der Waals surface area contributed by atoms with Gasteiger partial charge in [0, 0.05) is 11.3 Å². The predicted molar refractivity (Wildman–Crippen MR) is 57.9 cm³/mol. The van der Waals surface area contributed by atoms with E-state index in [4.69, 9.17) is 5.11 Å². The highest BCUT2D eigenvalue weighted by molar-refractivity contribution is 5.62. The second kappa shape index (κ2) is 3.65. The second-order valence-electron chi connectivity index (χ2n) is 3.33. The van der Waals surface area contributed by atoms with Crippen LogP contribution in [0.2, 0.25) is 0 Å². The molecule has 0 atom stereocenters. The third-order valence-electron chi connectivity index (χ3n) is 2.31. The van der Waals surface area contributed by atoms with Crippen molar-refractivity contribution in [1.29, 1.82) is 0 Å². The van der Waals surface area contributed by atoms with Gasteiger partial charge in [0.2, 0.25) is 0 Å². The van der Waals surface area contributed by atoms with Crippen LogP contribution in [0.1, 0.15) is 12.6 Å². The van der Waals surface area contributed by atoms with Gasteiger partial charge in [0.05, 0.1) is 5.69 Å². The lowest BCUT2D eigenvalue weighted by atomic mass is 10.1. The number of hydrogen-bond donors (Lipinski definition) is 3.